The zero-order valence-electron chi connectivity index (χ0n) is 9.35. The minimum absolute atomic E-state index is 0.131. The van der Waals surface area contributed by atoms with Crippen molar-refractivity contribution in [2.75, 3.05) is 12.5 Å². The van der Waals surface area contributed by atoms with Crippen LogP contribution in [-0.2, 0) is 14.3 Å². The summed E-state index contributed by atoms with van der Waals surface area (Å²) in [5, 5.41) is 9.11. The van der Waals surface area contributed by atoms with Crippen LogP contribution >= 0.6 is 11.6 Å². The maximum Gasteiger partial charge on any atom is 0.313 e. The number of esters is 1. The number of ether oxygens (including phenoxy) is 1. The molecular formula is C12H13ClO4. The minimum Gasteiger partial charge on any atom is -0.508 e. The molecule has 0 aliphatic carbocycles. The molecule has 17 heavy (non-hydrogen) atoms. The van der Waals surface area contributed by atoms with Gasteiger partial charge in [-0.05, 0) is 24.6 Å². The van der Waals surface area contributed by atoms with Gasteiger partial charge in [0.2, 0.25) is 0 Å². The molecule has 0 bridgehead atoms. The van der Waals surface area contributed by atoms with E-state index in [-0.39, 0.29) is 24.0 Å². The van der Waals surface area contributed by atoms with Crippen molar-refractivity contribution in [3.63, 3.8) is 0 Å². The van der Waals surface area contributed by atoms with Crippen molar-refractivity contribution in [2.45, 2.75) is 12.8 Å². The number of hydrogen-bond donors (Lipinski definition) is 1. The van der Waals surface area contributed by atoms with Gasteiger partial charge in [0, 0.05) is 0 Å². The van der Waals surface area contributed by atoms with Crippen LogP contribution in [0.25, 0.3) is 0 Å². The zero-order chi connectivity index (χ0) is 12.8. The van der Waals surface area contributed by atoms with Crippen molar-refractivity contribution in [1.29, 1.82) is 0 Å². The number of halogens is 1. The lowest BCUT2D eigenvalue weighted by atomic mass is 10.0. The molecule has 0 aliphatic rings. The summed E-state index contributed by atoms with van der Waals surface area (Å²) in [4.78, 5) is 22.4. The Balaban J connectivity index is 2.57. The van der Waals surface area contributed by atoms with Crippen LogP contribution in [0.15, 0.2) is 24.3 Å². The topological polar surface area (TPSA) is 63.6 Å². The molecule has 0 aliphatic heterocycles. The number of carbonyl (C=O) groups is 2. The molecule has 1 aromatic carbocycles. The van der Waals surface area contributed by atoms with Crippen molar-refractivity contribution in [2.24, 2.45) is 0 Å². The van der Waals surface area contributed by atoms with Crippen LogP contribution in [-0.4, -0.2) is 29.3 Å². The van der Waals surface area contributed by atoms with E-state index in [1.54, 1.807) is 19.1 Å². The first-order valence-corrected chi connectivity index (χ1v) is 5.61. The molecule has 0 fully saturated rings. The molecule has 1 rings (SSSR count). The second kappa shape index (κ2) is 6.25. The SMILES string of the molecule is CC(C(=O)OCC(=O)CCl)c1ccc(O)cc1. The Bertz CT molecular complexity index is 399. The molecule has 0 radical (unpaired) electrons. The Morgan fingerprint density at radius 1 is 1.35 bits per heavy atom. The van der Waals surface area contributed by atoms with Gasteiger partial charge >= 0.3 is 5.97 Å². The van der Waals surface area contributed by atoms with E-state index in [0.717, 1.165) is 0 Å². The van der Waals surface area contributed by atoms with Crippen LogP contribution in [0.1, 0.15) is 18.4 Å². The van der Waals surface area contributed by atoms with Crippen molar-refractivity contribution in [3.8, 4) is 5.75 Å². The molecule has 92 valence electrons. The molecule has 5 heteroatoms. The molecule has 4 nitrogen and oxygen atoms in total. The number of aromatic hydroxyl groups is 1. The first-order valence-electron chi connectivity index (χ1n) is 5.08. The van der Waals surface area contributed by atoms with Crippen molar-refractivity contribution < 1.29 is 19.4 Å². The molecule has 1 atom stereocenters. The fourth-order valence-electron chi connectivity index (χ4n) is 1.21. The van der Waals surface area contributed by atoms with Gasteiger partial charge in [-0.2, -0.15) is 0 Å². The summed E-state index contributed by atoms with van der Waals surface area (Å²) in [5.41, 5.74) is 0.714. The smallest absolute Gasteiger partial charge is 0.313 e. The van der Waals surface area contributed by atoms with Gasteiger partial charge in [0.25, 0.3) is 0 Å². The lowest BCUT2D eigenvalue weighted by Crippen LogP contribution is -2.18. The highest BCUT2D eigenvalue weighted by atomic mass is 35.5. The summed E-state index contributed by atoms with van der Waals surface area (Å²) in [6.07, 6.45) is 0. The number of alkyl halides is 1. The predicted octanol–water partition coefficient (Wildman–Crippen LogP) is 1.85. The Morgan fingerprint density at radius 2 is 1.94 bits per heavy atom. The fraction of sp³-hybridized carbons (Fsp3) is 0.333. The summed E-state index contributed by atoms with van der Waals surface area (Å²) >= 11 is 5.28. The third kappa shape index (κ3) is 4.07. The maximum absolute atomic E-state index is 11.6. The number of benzene rings is 1. The second-order valence-corrected chi connectivity index (χ2v) is 3.86. The highest BCUT2D eigenvalue weighted by molar-refractivity contribution is 6.27. The van der Waals surface area contributed by atoms with E-state index >= 15 is 0 Å². The second-order valence-electron chi connectivity index (χ2n) is 3.59. The number of Topliss-reactive ketones (excluding diaryl/α,β-unsaturated/α-hetero) is 1. The molecule has 0 aromatic heterocycles. The van der Waals surface area contributed by atoms with Gasteiger partial charge in [-0.25, -0.2) is 0 Å². The number of phenolic OH excluding ortho intramolecular Hbond substituents is 1. The Kier molecular flexibility index (Phi) is 4.97. The minimum atomic E-state index is -0.492. The first-order chi connectivity index (χ1) is 8.04. The average molecular weight is 257 g/mol. The van der Waals surface area contributed by atoms with E-state index in [4.69, 9.17) is 21.4 Å². The summed E-state index contributed by atoms with van der Waals surface area (Å²) in [5.74, 6) is -1.35. The first kappa shape index (κ1) is 13.5. The highest BCUT2D eigenvalue weighted by Crippen LogP contribution is 2.19. The largest absolute Gasteiger partial charge is 0.508 e. The van der Waals surface area contributed by atoms with Crippen LogP contribution in [0.2, 0.25) is 0 Å². The van der Waals surface area contributed by atoms with Gasteiger partial charge in [-0.1, -0.05) is 12.1 Å². The van der Waals surface area contributed by atoms with E-state index in [9.17, 15) is 9.59 Å². The van der Waals surface area contributed by atoms with Gasteiger partial charge < -0.3 is 9.84 Å². The standard InChI is InChI=1S/C12H13ClO4/c1-8(9-2-4-10(14)5-3-9)12(16)17-7-11(15)6-13/h2-5,8,14H,6-7H2,1H3. The van der Waals surface area contributed by atoms with Gasteiger partial charge in [-0.3, -0.25) is 9.59 Å². The number of rotatable bonds is 5. The summed E-state index contributed by atoms with van der Waals surface area (Å²) in [7, 11) is 0. The Morgan fingerprint density at radius 3 is 2.47 bits per heavy atom. The molecule has 1 unspecified atom stereocenters. The molecule has 0 amide bonds. The van der Waals surface area contributed by atoms with Gasteiger partial charge in [-0.15, -0.1) is 11.6 Å². The molecule has 0 saturated carbocycles. The number of phenols is 1. The Hall–Kier alpha value is -1.55. The number of ketones is 1. The van der Waals surface area contributed by atoms with Crippen LogP contribution in [0, 0.1) is 0 Å². The highest BCUT2D eigenvalue weighted by Gasteiger charge is 2.17. The van der Waals surface area contributed by atoms with E-state index in [1.807, 2.05) is 0 Å². The van der Waals surface area contributed by atoms with Crippen LogP contribution in [0.3, 0.4) is 0 Å². The fourth-order valence-corrected chi connectivity index (χ4v) is 1.29. The lowest BCUT2D eigenvalue weighted by molar-refractivity contribution is -0.148. The number of carbonyl (C=O) groups excluding carboxylic acids is 2. The molecule has 0 saturated heterocycles. The van der Waals surface area contributed by atoms with Crippen molar-refractivity contribution in [3.05, 3.63) is 29.8 Å². The monoisotopic (exact) mass is 256 g/mol. The predicted molar refractivity (Wildman–Crippen MR) is 63.2 cm³/mol. The van der Waals surface area contributed by atoms with E-state index < -0.39 is 11.9 Å². The van der Waals surface area contributed by atoms with E-state index in [1.165, 1.54) is 12.1 Å². The Labute approximate surface area is 104 Å². The van der Waals surface area contributed by atoms with Gasteiger partial charge in [0.05, 0.1) is 11.8 Å². The summed E-state index contributed by atoms with van der Waals surface area (Å²) in [6.45, 7) is 1.37. The normalized spacial score (nSPS) is 11.9. The third-order valence-electron chi connectivity index (χ3n) is 2.27. The lowest BCUT2D eigenvalue weighted by Gasteiger charge is -2.11. The summed E-state index contributed by atoms with van der Waals surface area (Å²) < 4.78 is 4.81. The van der Waals surface area contributed by atoms with E-state index in [0.29, 0.717) is 5.56 Å². The van der Waals surface area contributed by atoms with Gasteiger partial charge in [0.15, 0.2) is 12.4 Å². The molecular weight excluding hydrogens is 244 g/mol. The zero-order valence-corrected chi connectivity index (χ0v) is 10.1. The molecule has 1 aromatic rings. The van der Waals surface area contributed by atoms with E-state index in [2.05, 4.69) is 0 Å². The molecule has 1 N–H and O–H groups in total. The molecule has 0 spiro atoms. The van der Waals surface area contributed by atoms with Gasteiger partial charge in [0.1, 0.15) is 5.75 Å². The summed E-state index contributed by atoms with van der Waals surface area (Å²) in [6, 6.07) is 6.24. The quantitative estimate of drug-likeness (QED) is 0.645. The maximum atomic E-state index is 11.6. The number of hydrogen-bond acceptors (Lipinski definition) is 4. The van der Waals surface area contributed by atoms with Crippen molar-refractivity contribution in [1.82, 2.24) is 0 Å². The van der Waals surface area contributed by atoms with Crippen LogP contribution in [0.5, 0.6) is 5.75 Å². The third-order valence-corrected chi connectivity index (χ3v) is 2.57. The average Bonchev–Trinajstić information content (AvgIpc) is 2.35. The van der Waals surface area contributed by atoms with Crippen molar-refractivity contribution >= 4 is 23.4 Å². The van der Waals surface area contributed by atoms with Crippen LogP contribution in [0.4, 0.5) is 0 Å². The molecule has 0 heterocycles. The van der Waals surface area contributed by atoms with Crippen LogP contribution < -0.4 is 0 Å².